The number of carbonyl (C=O) groups is 3. The molecule has 0 bridgehead atoms. The van der Waals surface area contributed by atoms with Crippen LogP contribution in [0.15, 0.2) is 53.6 Å². The Morgan fingerprint density at radius 1 is 1.11 bits per heavy atom. The summed E-state index contributed by atoms with van der Waals surface area (Å²) < 4.78 is 0. The van der Waals surface area contributed by atoms with E-state index in [9.17, 15) is 14.4 Å². The molecule has 19 heavy (non-hydrogen) atoms. The summed E-state index contributed by atoms with van der Waals surface area (Å²) in [5.74, 6) is -0.866. The number of rotatable bonds is 4. The van der Waals surface area contributed by atoms with Crippen molar-refractivity contribution >= 4 is 17.3 Å². The third kappa shape index (κ3) is 3.13. The molecular formula is C16H14O3. The van der Waals surface area contributed by atoms with Crippen molar-refractivity contribution in [1.29, 1.82) is 0 Å². The van der Waals surface area contributed by atoms with Crippen LogP contribution < -0.4 is 0 Å². The fraction of sp³-hybridized carbons (Fsp3) is 0.188. The molecule has 1 aliphatic rings. The highest BCUT2D eigenvalue weighted by atomic mass is 16.2. The number of Topliss-reactive ketones (excluding diaryl/α,β-unsaturated/α-hetero) is 3. The molecule has 1 aromatic carbocycles. The van der Waals surface area contributed by atoms with E-state index in [0.29, 0.717) is 5.56 Å². The molecule has 0 heterocycles. The summed E-state index contributed by atoms with van der Waals surface area (Å²) in [7, 11) is 0. The SMILES string of the molecule is CC1=CCC(=O)C(C(=O)CC(=O)c2ccccc2)=C1. The summed E-state index contributed by atoms with van der Waals surface area (Å²) in [5, 5.41) is 0. The Bertz CT molecular complexity index is 592. The highest BCUT2D eigenvalue weighted by Gasteiger charge is 2.22. The molecule has 0 amide bonds. The Balaban J connectivity index is 2.12. The van der Waals surface area contributed by atoms with Crippen LogP contribution in [0.3, 0.4) is 0 Å². The molecule has 0 N–H and O–H groups in total. The Morgan fingerprint density at radius 2 is 1.79 bits per heavy atom. The molecule has 0 fully saturated rings. The minimum Gasteiger partial charge on any atom is -0.294 e. The van der Waals surface area contributed by atoms with Gasteiger partial charge in [-0.05, 0) is 13.0 Å². The number of benzene rings is 1. The van der Waals surface area contributed by atoms with Gasteiger partial charge in [-0.2, -0.15) is 0 Å². The molecule has 0 atom stereocenters. The van der Waals surface area contributed by atoms with Gasteiger partial charge in [-0.3, -0.25) is 14.4 Å². The Labute approximate surface area is 111 Å². The van der Waals surface area contributed by atoms with Gasteiger partial charge in [0.2, 0.25) is 0 Å². The maximum absolute atomic E-state index is 12.0. The van der Waals surface area contributed by atoms with Crippen LogP contribution in [0.25, 0.3) is 0 Å². The van der Waals surface area contributed by atoms with E-state index in [1.807, 2.05) is 6.92 Å². The van der Waals surface area contributed by atoms with Gasteiger partial charge in [0.25, 0.3) is 0 Å². The fourth-order valence-electron chi connectivity index (χ4n) is 1.93. The van der Waals surface area contributed by atoms with Crippen molar-refractivity contribution in [3.63, 3.8) is 0 Å². The van der Waals surface area contributed by atoms with E-state index in [1.54, 1.807) is 42.5 Å². The van der Waals surface area contributed by atoms with Gasteiger partial charge in [-0.1, -0.05) is 42.0 Å². The summed E-state index contributed by atoms with van der Waals surface area (Å²) >= 11 is 0. The molecule has 1 aliphatic carbocycles. The quantitative estimate of drug-likeness (QED) is 0.471. The van der Waals surface area contributed by atoms with E-state index < -0.39 is 5.78 Å². The van der Waals surface area contributed by atoms with E-state index in [2.05, 4.69) is 0 Å². The molecule has 0 aliphatic heterocycles. The molecule has 2 rings (SSSR count). The molecule has 3 nitrogen and oxygen atoms in total. The topological polar surface area (TPSA) is 51.2 Å². The first-order valence-electron chi connectivity index (χ1n) is 6.11. The molecule has 1 aromatic rings. The number of hydrogen-bond donors (Lipinski definition) is 0. The van der Waals surface area contributed by atoms with E-state index >= 15 is 0 Å². The van der Waals surface area contributed by atoms with E-state index in [1.165, 1.54) is 0 Å². The first-order chi connectivity index (χ1) is 9.08. The minimum atomic E-state index is -0.397. The summed E-state index contributed by atoms with van der Waals surface area (Å²) in [6.07, 6.45) is 3.32. The van der Waals surface area contributed by atoms with Gasteiger partial charge in [0.05, 0.1) is 12.0 Å². The highest BCUT2D eigenvalue weighted by Crippen LogP contribution is 2.17. The first kappa shape index (κ1) is 13.1. The summed E-state index contributed by atoms with van der Waals surface area (Å²) in [6.45, 7) is 1.83. The lowest BCUT2D eigenvalue weighted by Crippen LogP contribution is -2.18. The average molecular weight is 254 g/mol. The van der Waals surface area contributed by atoms with E-state index in [4.69, 9.17) is 0 Å². The largest absolute Gasteiger partial charge is 0.294 e. The molecule has 0 aromatic heterocycles. The standard InChI is InChI=1S/C16H14O3/c1-11-7-8-14(17)13(9-11)16(19)10-15(18)12-5-3-2-4-6-12/h2-7,9H,8,10H2,1H3. The Kier molecular flexibility index (Phi) is 3.85. The van der Waals surface area contributed by atoms with Crippen LogP contribution in [0.5, 0.6) is 0 Å². The smallest absolute Gasteiger partial charge is 0.174 e. The van der Waals surface area contributed by atoms with Gasteiger partial charge in [-0.25, -0.2) is 0 Å². The predicted octanol–water partition coefficient (Wildman–Crippen LogP) is 2.67. The molecule has 0 unspecified atom stereocenters. The van der Waals surface area contributed by atoms with Gasteiger partial charge in [0.15, 0.2) is 17.3 Å². The first-order valence-corrected chi connectivity index (χ1v) is 6.11. The maximum atomic E-state index is 12.0. The summed E-state index contributed by atoms with van der Waals surface area (Å²) in [4.78, 5) is 35.6. The van der Waals surface area contributed by atoms with Crippen LogP contribution in [-0.2, 0) is 9.59 Å². The van der Waals surface area contributed by atoms with Crippen molar-refractivity contribution in [2.45, 2.75) is 19.8 Å². The van der Waals surface area contributed by atoms with Gasteiger partial charge in [0.1, 0.15) is 0 Å². The van der Waals surface area contributed by atoms with Crippen LogP contribution in [0.1, 0.15) is 30.1 Å². The number of ketones is 3. The monoisotopic (exact) mass is 254 g/mol. The van der Waals surface area contributed by atoms with E-state index in [-0.39, 0.29) is 30.0 Å². The third-order valence-corrected chi connectivity index (χ3v) is 3.00. The summed E-state index contributed by atoms with van der Waals surface area (Å²) in [6, 6.07) is 8.63. The normalized spacial score (nSPS) is 14.7. The predicted molar refractivity (Wildman–Crippen MR) is 71.9 cm³/mol. The van der Waals surface area contributed by atoms with Gasteiger partial charge < -0.3 is 0 Å². The van der Waals surface area contributed by atoms with Crippen LogP contribution >= 0.6 is 0 Å². The zero-order chi connectivity index (χ0) is 13.8. The maximum Gasteiger partial charge on any atom is 0.174 e. The van der Waals surface area contributed by atoms with Crippen LogP contribution in [0, 0.1) is 0 Å². The van der Waals surface area contributed by atoms with Crippen LogP contribution in [-0.4, -0.2) is 17.3 Å². The van der Waals surface area contributed by atoms with Crippen molar-refractivity contribution in [2.24, 2.45) is 0 Å². The van der Waals surface area contributed by atoms with Crippen LogP contribution in [0.2, 0.25) is 0 Å². The lowest BCUT2D eigenvalue weighted by Gasteiger charge is -2.09. The van der Waals surface area contributed by atoms with Crippen LogP contribution in [0.4, 0.5) is 0 Å². The Morgan fingerprint density at radius 3 is 2.47 bits per heavy atom. The molecule has 96 valence electrons. The van der Waals surface area contributed by atoms with Crippen molar-refractivity contribution in [1.82, 2.24) is 0 Å². The average Bonchev–Trinajstić information content (AvgIpc) is 2.42. The van der Waals surface area contributed by atoms with Crippen molar-refractivity contribution in [3.8, 4) is 0 Å². The zero-order valence-electron chi connectivity index (χ0n) is 10.7. The summed E-state index contributed by atoms with van der Waals surface area (Å²) in [5.41, 5.74) is 1.52. The van der Waals surface area contributed by atoms with Crippen molar-refractivity contribution in [3.05, 3.63) is 59.2 Å². The number of hydrogen-bond acceptors (Lipinski definition) is 3. The van der Waals surface area contributed by atoms with Gasteiger partial charge >= 0.3 is 0 Å². The molecule has 0 radical (unpaired) electrons. The second-order valence-corrected chi connectivity index (χ2v) is 4.52. The second-order valence-electron chi connectivity index (χ2n) is 4.52. The van der Waals surface area contributed by atoms with Gasteiger partial charge in [0, 0.05) is 12.0 Å². The molecule has 0 saturated carbocycles. The molecule has 0 spiro atoms. The lowest BCUT2D eigenvalue weighted by atomic mass is 9.92. The molecule has 3 heteroatoms. The lowest BCUT2D eigenvalue weighted by molar-refractivity contribution is -0.120. The van der Waals surface area contributed by atoms with Gasteiger partial charge in [-0.15, -0.1) is 0 Å². The van der Waals surface area contributed by atoms with E-state index in [0.717, 1.165) is 5.57 Å². The van der Waals surface area contributed by atoms with Crippen molar-refractivity contribution in [2.75, 3.05) is 0 Å². The zero-order valence-corrected chi connectivity index (χ0v) is 10.7. The Hall–Kier alpha value is -2.29. The number of allylic oxidation sites excluding steroid dienone is 4. The number of carbonyl (C=O) groups excluding carboxylic acids is 3. The fourth-order valence-corrected chi connectivity index (χ4v) is 1.93. The molecule has 0 saturated heterocycles. The molecular weight excluding hydrogens is 240 g/mol. The minimum absolute atomic E-state index is 0.143. The van der Waals surface area contributed by atoms with Crippen molar-refractivity contribution < 1.29 is 14.4 Å². The highest BCUT2D eigenvalue weighted by molar-refractivity contribution is 6.26. The second kappa shape index (κ2) is 5.57. The third-order valence-electron chi connectivity index (χ3n) is 3.00.